The monoisotopic (exact) mass is 514 g/mol. The van der Waals surface area contributed by atoms with E-state index in [1.807, 2.05) is 24.3 Å². The number of aromatic nitrogens is 2. The number of hydrogen-bond acceptors (Lipinski definition) is 3. The van der Waals surface area contributed by atoms with Crippen LogP contribution >= 0.6 is 11.6 Å². The Balaban J connectivity index is 1.25. The first-order valence-electron chi connectivity index (χ1n) is 13.2. The topological polar surface area (TPSA) is 50.2 Å². The van der Waals surface area contributed by atoms with Gasteiger partial charge in [0.2, 0.25) is 5.91 Å². The quantitative estimate of drug-likeness (QED) is 0.283. The maximum absolute atomic E-state index is 11.4. The van der Waals surface area contributed by atoms with Crippen molar-refractivity contribution in [1.82, 2.24) is 14.5 Å². The SMILES string of the molecule is CC(=O)Nc1cccc(C2CCN(CCCn3c(-c4ccc(Cl)cc4)nc4cc(C)cc(C)c43)CC2)c1. The molecular weight excluding hydrogens is 480 g/mol. The van der Waals surface area contributed by atoms with Crippen molar-refractivity contribution < 1.29 is 4.79 Å². The first kappa shape index (κ1) is 25.5. The van der Waals surface area contributed by atoms with Crippen molar-refractivity contribution >= 4 is 34.2 Å². The molecule has 1 amide bonds. The summed E-state index contributed by atoms with van der Waals surface area (Å²) in [4.78, 5) is 19.1. The highest BCUT2D eigenvalue weighted by atomic mass is 35.5. The first-order valence-corrected chi connectivity index (χ1v) is 13.6. The van der Waals surface area contributed by atoms with E-state index in [0.29, 0.717) is 5.92 Å². The number of benzene rings is 3. The van der Waals surface area contributed by atoms with Crippen LogP contribution in [0.4, 0.5) is 5.69 Å². The van der Waals surface area contributed by atoms with Crippen molar-refractivity contribution in [1.29, 1.82) is 0 Å². The summed E-state index contributed by atoms with van der Waals surface area (Å²) in [6, 6.07) is 20.8. The Labute approximate surface area is 224 Å². The molecule has 1 aliphatic heterocycles. The van der Waals surface area contributed by atoms with Crippen LogP contribution in [-0.2, 0) is 11.3 Å². The highest BCUT2D eigenvalue weighted by Gasteiger charge is 2.21. The van der Waals surface area contributed by atoms with Gasteiger partial charge in [0.05, 0.1) is 11.0 Å². The molecule has 0 saturated carbocycles. The summed E-state index contributed by atoms with van der Waals surface area (Å²) < 4.78 is 2.40. The number of nitrogens with zero attached hydrogens (tertiary/aromatic N) is 3. The van der Waals surface area contributed by atoms with Crippen LogP contribution in [0.25, 0.3) is 22.4 Å². The molecule has 5 nitrogen and oxygen atoms in total. The summed E-state index contributed by atoms with van der Waals surface area (Å²) in [5.74, 6) is 1.53. The minimum Gasteiger partial charge on any atom is -0.326 e. The molecular formula is C31H35ClN4O. The second kappa shape index (κ2) is 11.1. The van der Waals surface area contributed by atoms with Crippen LogP contribution in [0.5, 0.6) is 0 Å². The lowest BCUT2D eigenvalue weighted by atomic mass is 9.89. The second-order valence-electron chi connectivity index (χ2n) is 10.3. The Kier molecular flexibility index (Phi) is 7.63. The Hall–Kier alpha value is -3.15. The number of likely N-dealkylation sites (tertiary alicyclic amines) is 1. The number of piperidine rings is 1. The van der Waals surface area contributed by atoms with E-state index < -0.39 is 0 Å². The van der Waals surface area contributed by atoms with Crippen LogP contribution in [0.1, 0.15) is 48.8 Å². The molecule has 4 aromatic rings. The zero-order valence-electron chi connectivity index (χ0n) is 21.9. The molecule has 2 heterocycles. The maximum Gasteiger partial charge on any atom is 0.221 e. The Bertz CT molecular complexity index is 1400. The fourth-order valence-electron chi connectivity index (χ4n) is 5.71. The Morgan fingerprint density at radius 1 is 1.03 bits per heavy atom. The number of aryl methyl sites for hydroxylation is 3. The van der Waals surface area contributed by atoms with Crippen molar-refractivity contribution in [2.75, 3.05) is 25.0 Å². The lowest BCUT2D eigenvalue weighted by Gasteiger charge is -2.32. The van der Waals surface area contributed by atoms with E-state index in [0.717, 1.165) is 73.1 Å². The van der Waals surface area contributed by atoms with Crippen LogP contribution in [0.2, 0.25) is 5.02 Å². The molecule has 3 aromatic carbocycles. The molecule has 0 unspecified atom stereocenters. The lowest BCUT2D eigenvalue weighted by Crippen LogP contribution is -2.34. The van der Waals surface area contributed by atoms with Crippen molar-refractivity contribution in [3.63, 3.8) is 0 Å². The van der Waals surface area contributed by atoms with E-state index >= 15 is 0 Å². The minimum atomic E-state index is -0.0258. The summed E-state index contributed by atoms with van der Waals surface area (Å²) in [6.07, 6.45) is 3.36. The van der Waals surface area contributed by atoms with Crippen LogP contribution in [0.15, 0.2) is 60.7 Å². The van der Waals surface area contributed by atoms with Crippen molar-refractivity contribution in [2.24, 2.45) is 0 Å². The van der Waals surface area contributed by atoms with E-state index in [1.165, 1.54) is 22.2 Å². The molecule has 1 saturated heterocycles. The van der Waals surface area contributed by atoms with Gasteiger partial charge < -0.3 is 14.8 Å². The summed E-state index contributed by atoms with van der Waals surface area (Å²) in [7, 11) is 0. The van der Waals surface area contributed by atoms with Gasteiger partial charge in [-0.25, -0.2) is 4.98 Å². The molecule has 1 fully saturated rings. The highest BCUT2D eigenvalue weighted by Crippen LogP contribution is 2.31. The molecule has 1 N–H and O–H groups in total. The molecule has 6 heteroatoms. The minimum absolute atomic E-state index is 0.0258. The van der Waals surface area contributed by atoms with Crippen molar-refractivity contribution in [3.8, 4) is 11.4 Å². The summed E-state index contributed by atoms with van der Waals surface area (Å²) in [6.45, 7) is 10.1. The predicted octanol–water partition coefficient (Wildman–Crippen LogP) is 7.20. The average Bonchev–Trinajstić information content (AvgIpc) is 3.23. The van der Waals surface area contributed by atoms with E-state index in [2.05, 4.69) is 65.0 Å². The fraction of sp³-hybridized carbons (Fsp3) is 0.355. The molecule has 1 aromatic heterocycles. The Morgan fingerprint density at radius 2 is 1.78 bits per heavy atom. The number of hydrogen-bond donors (Lipinski definition) is 1. The first-order chi connectivity index (χ1) is 17.9. The molecule has 0 atom stereocenters. The van der Waals surface area contributed by atoms with Crippen LogP contribution < -0.4 is 5.32 Å². The van der Waals surface area contributed by atoms with Gasteiger partial charge in [-0.3, -0.25) is 4.79 Å². The molecule has 37 heavy (non-hydrogen) atoms. The van der Waals surface area contributed by atoms with E-state index in [4.69, 9.17) is 16.6 Å². The van der Waals surface area contributed by atoms with Crippen LogP contribution in [-0.4, -0.2) is 40.0 Å². The Morgan fingerprint density at radius 3 is 2.51 bits per heavy atom. The number of imidazole rings is 1. The van der Waals surface area contributed by atoms with Gasteiger partial charge in [-0.1, -0.05) is 29.8 Å². The maximum atomic E-state index is 11.4. The van der Waals surface area contributed by atoms with Gasteiger partial charge in [-0.15, -0.1) is 0 Å². The molecule has 0 bridgehead atoms. The van der Waals surface area contributed by atoms with Gasteiger partial charge in [0, 0.05) is 29.7 Å². The van der Waals surface area contributed by atoms with Crippen LogP contribution in [0.3, 0.4) is 0 Å². The molecule has 1 aliphatic rings. The molecule has 0 aliphatic carbocycles. The second-order valence-corrected chi connectivity index (χ2v) is 10.8. The molecule has 192 valence electrons. The molecule has 0 radical (unpaired) electrons. The third kappa shape index (κ3) is 5.89. The van der Waals surface area contributed by atoms with Gasteiger partial charge in [-0.2, -0.15) is 0 Å². The zero-order chi connectivity index (χ0) is 25.9. The smallest absolute Gasteiger partial charge is 0.221 e. The summed E-state index contributed by atoms with van der Waals surface area (Å²) in [5, 5.41) is 3.65. The molecule has 5 rings (SSSR count). The average molecular weight is 515 g/mol. The number of fused-ring (bicyclic) bond motifs is 1. The zero-order valence-corrected chi connectivity index (χ0v) is 22.7. The number of carbonyl (C=O) groups excluding carboxylic acids is 1. The predicted molar refractivity (Wildman–Crippen MR) is 153 cm³/mol. The van der Waals surface area contributed by atoms with E-state index in [1.54, 1.807) is 6.92 Å². The van der Waals surface area contributed by atoms with Crippen molar-refractivity contribution in [2.45, 2.75) is 52.5 Å². The van der Waals surface area contributed by atoms with Gasteiger partial charge in [0.15, 0.2) is 0 Å². The highest BCUT2D eigenvalue weighted by molar-refractivity contribution is 6.30. The van der Waals surface area contributed by atoms with E-state index in [-0.39, 0.29) is 5.91 Å². The third-order valence-electron chi connectivity index (χ3n) is 7.40. The van der Waals surface area contributed by atoms with Gasteiger partial charge in [0.1, 0.15) is 5.82 Å². The number of halogens is 1. The van der Waals surface area contributed by atoms with Gasteiger partial charge in [0.25, 0.3) is 0 Å². The summed E-state index contributed by atoms with van der Waals surface area (Å²) >= 11 is 6.16. The number of anilines is 1. The van der Waals surface area contributed by atoms with Crippen molar-refractivity contribution in [3.05, 3.63) is 82.4 Å². The largest absolute Gasteiger partial charge is 0.326 e. The van der Waals surface area contributed by atoms with E-state index in [9.17, 15) is 4.79 Å². The fourth-order valence-corrected chi connectivity index (χ4v) is 5.83. The number of rotatable bonds is 7. The van der Waals surface area contributed by atoms with Crippen LogP contribution in [0, 0.1) is 13.8 Å². The number of carbonyl (C=O) groups is 1. The third-order valence-corrected chi connectivity index (χ3v) is 7.65. The van der Waals surface area contributed by atoms with Gasteiger partial charge >= 0.3 is 0 Å². The summed E-state index contributed by atoms with van der Waals surface area (Å²) in [5.41, 5.74) is 8.11. The molecule has 0 spiro atoms. The van der Waals surface area contributed by atoms with Gasteiger partial charge in [-0.05, 0) is 118 Å². The standard InChI is InChI=1S/C31H35ClN4O/c1-21-18-22(2)30-29(19-21)34-31(25-8-10-27(32)11-9-25)36(30)15-5-14-35-16-12-24(13-17-35)26-6-4-7-28(20-26)33-23(3)37/h4,6-11,18-20,24H,5,12-17H2,1-3H3,(H,33,37). The number of amides is 1. The lowest BCUT2D eigenvalue weighted by molar-refractivity contribution is -0.114. The normalized spacial score (nSPS) is 14.8. The number of nitrogens with one attached hydrogen (secondary N) is 1.